The molecule has 0 aliphatic rings. The zero-order valence-corrected chi connectivity index (χ0v) is 44.7. The smallest absolute Gasteiger partial charge is 0.337 e. The number of nitrogens with one attached hydrogen (secondary N) is 2. The Labute approximate surface area is 446 Å². The van der Waals surface area contributed by atoms with E-state index in [1.54, 1.807) is 0 Å². The molecule has 0 atom stereocenters. The zero-order valence-electron chi connectivity index (χ0n) is 41.8. The first-order chi connectivity index (χ1) is 35.3. The Morgan fingerprint density at radius 2 is 0.452 bits per heavy atom. The van der Waals surface area contributed by atoms with Crippen molar-refractivity contribution in [3.8, 4) is 0 Å². The summed E-state index contributed by atoms with van der Waals surface area (Å²) in [7, 11) is -1.75. The minimum Gasteiger partial charge on any atom is -0.337 e. The van der Waals surface area contributed by atoms with Crippen LogP contribution >= 0.6 is 15.8 Å². The van der Waals surface area contributed by atoms with Gasteiger partial charge in [0.15, 0.2) is 11.7 Å². The maximum Gasteiger partial charge on any atom is 1.00 e. The average Bonchev–Trinajstić information content (AvgIpc) is 3.43. The van der Waals surface area contributed by atoms with Crippen LogP contribution in [0.3, 0.4) is 0 Å². The molecule has 364 valence electrons. The van der Waals surface area contributed by atoms with Crippen LogP contribution in [-0.4, -0.2) is 11.7 Å². The van der Waals surface area contributed by atoms with Crippen molar-refractivity contribution in [2.75, 3.05) is 10.6 Å². The predicted octanol–water partition coefficient (Wildman–Crippen LogP) is 14.3. The molecule has 0 unspecified atom stereocenters. The number of rotatable bonds is 10. The third-order valence-corrected chi connectivity index (χ3v) is 17.2. The predicted molar refractivity (Wildman–Crippen MR) is 319 cm³/mol. The van der Waals surface area contributed by atoms with E-state index in [1.165, 1.54) is 54.1 Å². The molecule has 10 aromatic carbocycles. The molecule has 4 nitrogen and oxygen atoms in total. The first kappa shape index (κ1) is 53.3. The number of aryl methyl sites for hydroxylation is 4. The third-order valence-electron chi connectivity index (χ3n) is 11.8. The number of hydrogen-bond acceptors (Lipinski definition) is 2. The maximum absolute atomic E-state index is 4.96. The van der Waals surface area contributed by atoms with Crippen LogP contribution in [-0.2, 0) is 17.1 Å². The summed E-state index contributed by atoms with van der Waals surface area (Å²) < 4.78 is 0. The number of aliphatic imine (C=N–C) groups is 2. The Hall–Kier alpha value is -7.48. The molecule has 0 saturated carbocycles. The largest absolute Gasteiger partial charge is 1.00 e. The van der Waals surface area contributed by atoms with Gasteiger partial charge in [-0.15, -0.1) is 0 Å². The van der Waals surface area contributed by atoms with E-state index in [-0.39, 0.29) is 17.1 Å². The van der Waals surface area contributed by atoms with Crippen molar-refractivity contribution in [3.63, 3.8) is 0 Å². The Kier molecular flexibility index (Phi) is 20.4. The molecule has 0 aliphatic carbocycles. The van der Waals surface area contributed by atoms with Gasteiger partial charge in [-0.05, 0) is 149 Å². The Morgan fingerprint density at radius 1 is 0.260 bits per heavy atom. The quantitative estimate of drug-likeness (QED) is 0.0621. The fourth-order valence-electron chi connectivity index (χ4n) is 7.95. The van der Waals surface area contributed by atoms with Gasteiger partial charge in [0.05, 0.1) is 27.2 Å². The molecular weight excluding hydrogens is 974 g/mol. The summed E-state index contributed by atoms with van der Waals surface area (Å²) in [6.07, 6.45) is 0. The van der Waals surface area contributed by atoms with Gasteiger partial charge in [-0.1, -0.05) is 180 Å². The first-order valence-corrected chi connectivity index (χ1v) is 27.4. The monoisotopic (exact) mass is 1040 g/mol. The molecule has 0 bridgehead atoms. The summed E-state index contributed by atoms with van der Waals surface area (Å²) in [6, 6.07) is 97.8. The van der Waals surface area contributed by atoms with Crippen LogP contribution < -0.4 is 42.5 Å². The molecule has 7 heteroatoms. The van der Waals surface area contributed by atoms with Gasteiger partial charge in [-0.25, -0.2) is 9.98 Å². The molecule has 10 aromatic rings. The van der Waals surface area contributed by atoms with Crippen LogP contribution in [0.25, 0.3) is 0 Å². The van der Waals surface area contributed by atoms with Gasteiger partial charge in [-0.2, -0.15) is 0 Å². The normalized spacial score (nSPS) is 11.0. The summed E-state index contributed by atoms with van der Waals surface area (Å²) in [4.78, 5) is 9.91. The molecule has 10 rings (SSSR count). The van der Waals surface area contributed by atoms with Crippen LogP contribution in [0.15, 0.2) is 289 Å². The van der Waals surface area contributed by atoms with Crippen molar-refractivity contribution in [1.29, 1.82) is 0 Å². The van der Waals surface area contributed by atoms with Gasteiger partial charge in [0.25, 0.3) is 0 Å². The average molecular weight is 1040 g/mol. The molecule has 0 spiro atoms. The van der Waals surface area contributed by atoms with Crippen molar-refractivity contribution < 1.29 is 17.1 Å². The molecule has 0 saturated heterocycles. The molecule has 0 heterocycles. The fraction of sp³-hybridized carbons (Fsp3) is 0.0606. The summed E-state index contributed by atoms with van der Waals surface area (Å²) in [6.45, 7) is 8.30. The van der Waals surface area contributed by atoms with E-state index in [2.05, 4.69) is 293 Å². The minimum absolute atomic E-state index is 0. The summed E-state index contributed by atoms with van der Waals surface area (Å²) in [5.74, 6) is 1.27. The van der Waals surface area contributed by atoms with Gasteiger partial charge in [0.2, 0.25) is 0 Å². The van der Waals surface area contributed by atoms with Gasteiger partial charge < -0.3 is 10.6 Å². The number of benzene rings is 10. The third kappa shape index (κ3) is 16.3. The van der Waals surface area contributed by atoms with Crippen molar-refractivity contribution >= 4 is 82.1 Å². The second-order valence-corrected chi connectivity index (χ2v) is 22.5. The van der Waals surface area contributed by atoms with Crippen molar-refractivity contribution in [2.45, 2.75) is 27.7 Å². The summed E-state index contributed by atoms with van der Waals surface area (Å²) >= 11 is 0. The molecule has 73 heavy (non-hydrogen) atoms. The van der Waals surface area contributed by atoms with E-state index in [4.69, 9.17) is 9.98 Å². The standard InChI is InChI=1S/C30H30N4.2C18H15P.Cu/c1-21-5-13-25(14-6-21)31-29(32-26-15-7-22(2)8-16-26)30(33-27-17-9-23(3)10-18-27)34-28-19-11-24(4)12-20-28;2*1-4-10-16(11-5-1)19(17-12-6-2-7-13-17)18-14-8-3-9-15-18;/h5-20H,1-4H3,(H,31,32)(H,33,34);2*1-15H;/q;;;+1/p+2. The van der Waals surface area contributed by atoms with E-state index in [9.17, 15) is 0 Å². The van der Waals surface area contributed by atoms with Gasteiger partial charge in [0, 0.05) is 11.4 Å². The molecular formula is C66H62CuN4P2+3. The molecule has 0 radical (unpaired) electrons. The molecule has 0 fully saturated rings. The second-order valence-electron chi connectivity index (χ2n) is 17.5. The Balaban J connectivity index is 0.000000170. The maximum atomic E-state index is 4.96. The number of hydrogen-bond donors (Lipinski definition) is 2. The van der Waals surface area contributed by atoms with Gasteiger partial charge >= 0.3 is 17.1 Å². The van der Waals surface area contributed by atoms with Gasteiger partial charge in [-0.3, -0.25) is 0 Å². The van der Waals surface area contributed by atoms with Crippen molar-refractivity contribution in [2.24, 2.45) is 9.98 Å². The number of amidine groups is 2. The Morgan fingerprint density at radius 3 is 0.658 bits per heavy atom. The van der Waals surface area contributed by atoms with E-state index < -0.39 is 15.8 Å². The molecule has 0 amide bonds. The first-order valence-electron chi connectivity index (χ1n) is 24.4. The SMILES string of the molecule is Cc1ccc(N=C(Nc2ccc(C)cc2)C(=Nc2ccc(C)cc2)Nc2ccc(C)cc2)cc1.[Cu+].c1ccc([PH+](c2ccccc2)c2ccccc2)cc1.c1ccc([PH+](c2ccccc2)c2ccccc2)cc1. The van der Waals surface area contributed by atoms with E-state index in [1.807, 2.05) is 24.3 Å². The molecule has 0 aliphatic heterocycles. The number of nitrogens with zero attached hydrogens (tertiary/aromatic N) is 2. The zero-order chi connectivity index (χ0) is 49.7. The van der Waals surface area contributed by atoms with Crippen LogP contribution in [0.2, 0.25) is 0 Å². The van der Waals surface area contributed by atoms with Crippen LogP contribution in [0, 0.1) is 27.7 Å². The fourth-order valence-corrected chi connectivity index (χ4v) is 13.1. The summed E-state index contributed by atoms with van der Waals surface area (Å²) in [5, 5.41) is 15.6. The van der Waals surface area contributed by atoms with Crippen LogP contribution in [0.5, 0.6) is 0 Å². The second kappa shape index (κ2) is 27.9. The summed E-state index contributed by atoms with van der Waals surface area (Å²) in [5.41, 5.74) is 8.38. The van der Waals surface area contributed by atoms with Crippen molar-refractivity contribution in [1.82, 2.24) is 0 Å². The van der Waals surface area contributed by atoms with Crippen LogP contribution in [0.1, 0.15) is 22.3 Å². The minimum atomic E-state index is -0.877. The van der Waals surface area contributed by atoms with Crippen molar-refractivity contribution in [3.05, 3.63) is 301 Å². The van der Waals surface area contributed by atoms with E-state index in [0.717, 1.165) is 22.7 Å². The van der Waals surface area contributed by atoms with Crippen LogP contribution in [0.4, 0.5) is 22.7 Å². The number of anilines is 2. The van der Waals surface area contributed by atoms with E-state index >= 15 is 0 Å². The topological polar surface area (TPSA) is 48.8 Å². The van der Waals surface area contributed by atoms with Gasteiger partial charge in [0.1, 0.15) is 31.8 Å². The Bertz CT molecular complexity index is 2800. The molecule has 2 N–H and O–H groups in total. The van der Waals surface area contributed by atoms with E-state index in [0.29, 0.717) is 11.7 Å². The molecule has 0 aromatic heterocycles.